The van der Waals surface area contributed by atoms with E-state index in [1.54, 1.807) is 0 Å². The molecule has 1 amide bonds. The molecule has 3 aliphatic heterocycles. The molecular weight excluding hydrogens is 432 g/mol. The quantitative estimate of drug-likeness (QED) is 0.587. The summed E-state index contributed by atoms with van der Waals surface area (Å²) in [6, 6.07) is 0.893. The van der Waals surface area contributed by atoms with Crippen LogP contribution in [0.5, 0.6) is 0 Å². The number of morpholine rings is 1. The first-order valence-corrected chi connectivity index (χ1v) is 12.9. The van der Waals surface area contributed by atoms with Crippen LogP contribution in [0.1, 0.15) is 52.0 Å². The van der Waals surface area contributed by atoms with Gasteiger partial charge in [-0.25, -0.2) is 4.98 Å². The Morgan fingerprint density at radius 3 is 2.62 bits per heavy atom. The molecule has 0 unspecified atom stereocenters. The van der Waals surface area contributed by atoms with Gasteiger partial charge in [0.15, 0.2) is 17.0 Å². The summed E-state index contributed by atoms with van der Waals surface area (Å²) in [7, 11) is 0. The largest absolute Gasteiger partial charge is 0.379 e. The second-order valence-electron chi connectivity index (χ2n) is 9.92. The van der Waals surface area contributed by atoms with Crippen LogP contribution in [0.4, 0.5) is 11.8 Å². The number of imidazole rings is 1. The third-order valence-electron chi connectivity index (χ3n) is 7.34. The van der Waals surface area contributed by atoms with Crippen LogP contribution in [0.15, 0.2) is 6.33 Å². The van der Waals surface area contributed by atoms with Gasteiger partial charge in [0.25, 0.3) is 0 Å². The first-order chi connectivity index (χ1) is 16.6. The molecule has 3 fully saturated rings. The number of piperidine rings is 1. The first kappa shape index (κ1) is 23.3. The number of amides is 1. The van der Waals surface area contributed by atoms with Gasteiger partial charge in [-0.3, -0.25) is 9.69 Å². The minimum Gasteiger partial charge on any atom is -0.379 e. The molecular formula is C24H38N8O2. The predicted molar refractivity (Wildman–Crippen MR) is 132 cm³/mol. The second kappa shape index (κ2) is 10.4. The average Bonchev–Trinajstić information content (AvgIpc) is 3.48. The Kier molecular flexibility index (Phi) is 7.15. The molecule has 0 bridgehead atoms. The lowest BCUT2D eigenvalue weighted by molar-refractivity contribution is -0.127. The van der Waals surface area contributed by atoms with Crippen molar-refractivity contribution in [2.24, 2.45) is 0 Å². The van der Waals surface area contributed by atoms with Crippen molar-refractivity contribution < 1.29 is 9.53 Å². The number of hydrogen-bond acceptors (Lipinski definition) is 8. The number of nitrogens with zero attached hydrogens (tertiary/aromatic N) is 7. The van der Waals surface area contributed by atoms with Gasteiger partial charge in [0, 0.05) is 64.3 Å². The molecule has 0 spiro atoms. The van der Waals surface area contributed by atoms with Crippen molar-refractivity contribution in [3.8, 4) is 0 Å². The lowest BCUT2D eigenvalue weighted by Crippen LogP contribution is -2.49. The molecule has 186 valence electrons. The van der Waals surface area contributed by atoms with Gasteiger partial charge in [-0.1, -0.05) is 0 Å². The summed E-state index contributed by atoms with van der Waals surface area (Å²) in [6.45, 7) is 12.4. The zero-order valence-electron chi connectivity index (χ0n) is 20.6. The lowest BCUT2D eigenvalue weighted by Gasteiger charge is -2.40. The first-order valence-electron chi connectivity index (χ1n) is 12.9. The molecule has 3 aliphatic rings. The maximum Gasteiger partial charge on any atom is 0.229 e. The van der Waals surface area contributed by atoms with Gasteiger partial charge in [0.1, 0.15) is 0 Å². The highest BCUT2D eigenvalue weighted by Crippen LogP contribution is 2.27. The van der Waals surface area contributed by atoms with Crippen molar-refractivity contribution >= 4 is 28.8 Å². The van der Waals surface area contributed by atoms with Crippen molar-refractivity contribution in [1.29, 1.82) is 0 Å². The van der Waals surface area contributed by atoms with Crippen LogP contribution in [0.25, 0.3) is 11.2 Å². The Bertz CT molecular complexity index is 979. The molecule has 2 aromatic rings. The molecule has 2 aromatic heterocycles. The normalized spacial score (nSPS) is 20.7. The maximum absolute atomic E-state index is 11.9. The summed E-state index contributed by atoms with van der Waals surface area (Å²) in [5.41, 5.74) is 1.70. The van der Waals surface area contributed by atoms with Crippen LogP contribution in [-0.2, 0) is 9.53 Å². The van der Waals surface area contributed by atoms with Crippen LogP contribution in [0.2, 0.25) is 0 Å². The number of hydrogen-bond donors (Lipinski definition) is 1. The number of nitrogens with one attached hydrogen (secondary N) is 1. The van der Waals surface area contributed by atoms with Gasteiger partial charge in [-0.05, 0) is 39.5 Å². The zero-order chi connectivity index (χ0) is 23.5. The number of rotatable bonds is 8. The molecule has 1 N–H and O–H groups in total. The smallest absolute Gasteiger partial charge is 0.229 e. The minimum absolute atomic E-state index is 0.272. The van der Waals surface area contributed by atoms with Crippen molar-refractivity contribution in [1.82, 2.24) is 29.3 Å². The molecule has 10 heteroatoms. The molecule has 0 atom stereocenters. The average molecular weight is 471 g/mol. The Balaban J connectivity index is 1.28. The van der Waals surface area contributed by atoms with Crippen molar-refractivity contribution in [2.75, 3.05) is 69.2 Å². The third kappa shape index (κ3) is 4.98. The Labute approximate surface area is 201 Å². The number of anilines is 2. The fraction of sp³-hybridized carbons (Fsp3) is 0.750. The van der Waals surface area contributed by atoms with Crippen molar-refractivity contribution in [2.45, 2.75) is 58.0 Å². The standard InChI is InChI=1S/C24H38N8O2/c1-18(2)32-17-26-21-22(25-8-4-10-30-9-3-5-20(30)33)27-24(28-23(21)32)31-11-6-19(7-12-31)29-13-15-34-16-14-29/h17-19H,3-16H2,1-2H3,(H,25,27,28). The number of likely N-dealkylation sites (tertiary alicyclic amines) is 1. The van der Waals surface area contributed by atoms with Crippen LogP contribution in [-0.4, -0.2) is 100 Å². The van der Waals surface area contributed by atoms with Crippen LogP contribution in [0, 0.1) is 0 Å². The Hall–Kier alpha value is -2.46. The van der Waals surface area contributed by atoms with E-state index in [0.29, 0.717) is 12.5 Å². The van der Waals surface area contributed by atoms with E-state index in [1.807, 2.05) is 11.2 Å². The number of fused-ring (bicyclic) bond motifs is 1. The third-order valence-corrected chi connectivity index (χ3v) is 7.34. The summed E-state index contributed by atoms with van der Waals surface area (Å²) >= 11 is 0. The molecule has 0 aliphatic carbocycles. The van der Waals surface area contributed by atoms with Crippen molar-refractivity contribution in [3.05, 3.63) is 6.33 Å². The fourth-order valence-corrected chi connectivity index (χ4v) is 5.34. The summed E-state index contributed by atoms with van der Waals surface area (Å²) in [4.78, 5) is 33.3. The highest BCUT2D eigenvalue weighted by Gasteiger charge is 2.28. The predicted octanol–water partition coefficient (Wildman–Crippen LogP) is 2.13. The zero-order valence-corrected chi connectivity index (χ0v) is 20.6. The van der Waals surface area contributed by atoms with Crippen molar-refractivity contribution in [3.63, 3.8) is 0 Å². The monoisotopic (exact) mass is 470 g/mol. The van der Waals surface area contributed by atoms with E-state index in [1.165, 1.54) is 0 Å². The second-order valence-corrected chi connectivity index (χ2v) is 9.92. The SMILES string of the molecule is CC(C)n1cnc2c(NCCCN3CCCC3=O)nc(N3CCC(N4CCOCC4)CC3)nc21. The van der Waals surface area contributed by atoms with E-state index in [0.717, 1.165) is 108 Å². The number of carbonyl (C=O) groups is 1. The summed E-state index contributed by atoms with van der Waals surface area (Å²) in [5, 5.41) is 3.50. The maximum atomic E-state index is 11.9. The van der Waals surface area contributed by atoms with E-state index < -0.39 is 0 Å². The summed E-state index contributed by atoms with van der Waals surface area (Å²) in [5.74, 6) is 1.86. The van der Waals surface area contributed by atoms with Gasteiger partial charge in [-0.15, -0.1) is 0 Å². The number of aromatic nitrogens is 4. The molecule has 5 rings (SSSR count). The molecule has 3 saturated heterocycles. The highest BCUT2D eigenvalue weighted by molar-refractivity contribution is 5.84. The van der Waals surface area contributed by atoms with Gasteiger partial charge in [0.05, 0.1) is 19.5 Å². The lowest BCUT2D eigenvalue weighted by atomic mass is 10.0. The summed E-state index contributed by atoms with van der Waals surface area (Å²) in [6.07, 6.45) is 6.68. The Morgan fingerprint density at radius 1 is 1.12 bits per heavy atom. The summed E-state index contributed by atoms with van der Waals surface area (Å²) < 4.78 is 7.65. The molecule has 34 heavy (non-hydrogen) atoms. The minimum atomic E-state index is 0.272. The Morgan fingerprint density at radius 2 is 1.91 bits per heavy atom. The van der Waals surface area contributed by atoms with E-state index >= 15 is 0 Å². The van der Waals surface area contributed by atoms with Crippen LogP contribution < -0.4 is 10.2 Å². The molecule has 0 radical (unpaired) electrons. The number of carbonyl (C=O) groups excluding carboxylic acids is 1. The van der Waals surface area contributed by atoms with Gasteiger partial charge < -0.3 is 24.4 Å². The van der Waals surface area contributed by atoms with E-state index in [-0.39, 0.29) is 11.9 Å². The highest BCUT2D eigenvalue weighted by atomic mass is 16.5. The van der Waals surface area contributed by atoms with E-state index in [9.17, 15) is 4.79 Å². The van der Waals surface area contributed by atoms with Crippen LogP contribution in [0.3, 0.4) is 0 Å². The van der Waals surface area contributed by atoms with Crippen LogP contribution >= 0.6 is 0 Å². The topological polar surface area (TPSA) is 91.7 Å². The van der Waals surface area contributed by atoms with Gasteiger partial charge in [-0.2, -0.15) is 9.97 Å². The fourth-order valence-electron chi connectivity index (χ4n) is 5.34. The van der Waals surface area contributed by atoms with E-state index in [4.69, 9.17) is 14.7 Å². The molecule has 10 nitrogen and oxygen atoms in total. The molecule has 0 saturated carbocycles. The number of ether oxygens (including phenoxy) is 1. The van der Waals surface area contributed by atoms with Gasteiger partial charge >= 0.3 is 0 Å². The molecule has 5 heterocycles. The van der Waals surface area contributed by atoms with E-state index in [2.05, 4.69) is 38.5 Å². The molecule has 0 aromatic carbocycles. The van der Waals surface area contributed by atoms with Gasteiger partial charge in [0.2, 0.25) is 11.9 Å².